The van der Waals surface area contributed by atoms with Gasteiger partial charge in [0.05, 0.1) is 32.2 Å². The molecule has 1 aliphatic heterocycles. The first-order valence-corrected chi connectivity index (χ1v) is 13.3. The zero-order chi connectivity index (χ0) is 23.2. The largest absolute Gasteiger partial charge is 0.512 e. The lowest BCUT2D eigenvalue weighted by Gasteiger charge is -2.41. The Morgan fingerprint density at radius 2 is 1.88 bits per heavy atom. The number of quaternary nitrogens is 1. The Bertz CT molecular complexity index is 698. The fraction of sp³-hybridized carbons (Fsp3) is 0.760. The second kappa shape index (κ2) is 14.5. The summed E-state index contributed by atoms with van der Waals surface area (Å²) in [6.45, 7) is 8.87. The first kappa shape index (κ1) is 26.7. The SMILES string of the molecule is C1CCC1.CCCCCCOc1csnc1C1=CCC[N+](C)(C(C)OC(=O)OCCC)C1. The van der Waals surface area contributed by atoms with Gasteiger partial charge in [-0.1, -0.05) is 64.9 Å². The van der Waals surface area contributed by atoms with E-state index in [1.54, 1.807) is 0 Å². The standard InChI is InChI=1S/C21H35N2O4S.C4H8/c1-5-7-8-9-14-25-19-16-28-22-20(19)18-11-10-12-23(4,15-18)17(3)27-21(24)26-13-6-2;1-2-4-3-1/h11,16-17H,5-10,12-15H2,1-4H3;1-4H2/q+1;. The highest BCUT2D eigenvalue weighted by Gasteiger charge is 2.36. The summed E-state index contributed by atoms with van der Waals surface area (Å²) in [7, 11) is 2.11. The topological polar surface area (TPSA) is 57.7 Å². The van der Waals surface area contributed by atoms with Gasteiger partial charge in [-0.05, 0) is 24.4 Å². The molecule has 2 unspecified atom stereocenters. The van der Waals surface area contributed by atoms with Crippen molar-refractivity contribution in [1.82, 2.24) is 4.37 Å². The van der Waals surface area contributed by atoms with Crippen molar-refractivity contribution in [2.24, 2.45) is 0 Å². The number of rotatable bonds is 11. The molecule has 2 aliphatic rings. The van der Waals surface area contributed by atoms with E-state index in [0.717, 1.165) is 56.0 Å². The van der Waals surface area contributed by atoms with Crippen molar-refractivity contribution in [1.29, 1.82) is 0 Å². The van der Waals surface area contributed by atoms with E-state index in [2.05, 4.69) is 24.4 Å². The van der Waals surface area contributed by atoms with Crippen LogP contribution >= 0.6 is 11.5 Å². The number of nitrogens with zero attached hydrogens (tertiary/aromatic N) is 2. The van der Waals surface area contributed by atoms with Crippen LogP contribution in [0.1, 0.15) is 90.7 Å². The Kier molecular flexibility index (Phi) is 12.1. The smallest absolute Gasteiger partial charge is 0.490 e. The molecule has 1 aromatic heterocycles. The van der Waals surface area contributed by atoms with Gasteiger partial charge in [0.1, 0.15) is 12.2 Å². The maximum atomic E-state index is 11.9. The quantitative estimate of drug-likeness (QED) is 0.203. The predicted octanol–water partition coefficient (Wildman–Crippen LogP) is 6.81. The molecule has 6 nitrogen and oxygen atoms in total. The van der Waals surface area contributed by atoms with Crippen molar-refractivity contribution in [3.05, 3.63) is 17.2 Å². The third-order valence-electron chi connectivity index (χ3n) is 6.23. The van der Waals surface area contributed by atoms with Crippen molar-refractivity contribution in [2.75, 3.05) is 33.4 Å². The number of carbonyl (C=O) groups is 1. The van der Waals surface area contributed by atoms with Gasteiger partial charge in [-0.15, -0.1) is 0 Å². The van der Waals surface area contributed by atoms with E-state index in [-0.39, 0.29) is 6.23 Å². The van der Waals surface area contributed by atoms with Crippen LogP contribution in [0.5, 0.6) is 5.75 Å². The van der Waals surface area contributed by atoms with E-state index >= 15 is 0 Å². The van der Waals surface area contributed by atoms with E-state index in [1.165, 1.54) is 56.5 Å². The molecule has 2 heterocycles. The van der Waals surface area contributed by atoms with Gasteiger partial charge < -0.3 is 14.2 Å². The van der Waals surface area contributed by atoms with Gasteiger partial charge in [-0.2, -0.15) is 4.37 Å². The molecular formula is C25H43N2O4S+. The molecule has 1 aromatic rings. The third-order valence-corrected chi connectivity index (χ3v) is 6.84. The van der Waals surface area contributed by atoms with Crippen molar-refractivity contribution < 1.29 is 23.5 Å². The van der Waals surface area contributed by atoms with Crippen LogP contribution in [0.3, 0.4) is 0 Å². The summed E-state index contributed by atoms with van der Waals surface area (Å²) < 4.78 is 21.8. The van der Waals surface area contributed by atoms with Crippen molar-refractivity contribution in [3.8, 4) is 5.75 Å². The van der Waals surface area contributed by atoms with Gasteiger partial charge in [-0.3, -0.25) is 4.48 Å². The Morgan fingerprint density at radius 1 is 1.12 bits per heavy atom. The Hall–Kier alpha value is -1.60. The molecule has 1 saturated carbocycles. The average Bonchev–Trinajstić information content (AvgIpc) is 3.19. The van der Waals surface area contributed by atoms with Gasteiger partial charge in [0.15, 0.2) is 5.75 Å². The van der Waals surface area contributed by atoms with Gasteiger partial charge in [0.25, 0.3) is 0 Å². The second-order valence-corrected chi connectivity index (χ2v) is 9.67. The molecule has 1 fully saturated rings. The fourth-order valence-corrected chi connectivity index (χ4v) is 4.18. The molecule has 0 N–H and O–H groups in total. The maximum Gasteiger partial charge on any atom is 0.512 e. The molecule has 0 bridgehead atoms. The van der Waals surface area contributed by atoms with Crippen LogP contribution in [-0.2, 0) is 9.47 Å². The highest BCUT2D eigenvalue weighted by molar-refractivity contribution is 7.04. The van der Waals surface area contributed by atoms with Crippen LogP contribution in [0.15, 0.2) is 11.5 Å². The highest BCUT2D eigenvalue weighted by atomic mass is 32.1. The van der Waals surface area contributed by atoms with Gasteiger partial charge >= 0.3 is 6.16 Å². The predicted molar refractivity (Wildman–Crippen MR) is 131 cm³/mol. The molecule has 32 heavy (non-hydrogen) atoms. The van der Waals surface area contributed by atoms with Crippen molar-refractivity contribution >= 4 is 23.3 Å². The zero-order valence-electron chi connectivity index (χ0n) is 20.6. The first-order chi connectivity index (χ1) is 15.5. The number of likely N-dealkylation sites (N-methyl/N-ethyl adjacent to an activating group) is 1. The molecule has 3 rings (SSSR count). The molecular weight excluding hydrogens is 424 g/mol. The second-order valence-electron chi connectivity index (χ2n) is 9.05. The van der Waals surface area contributed by atoms with Crippen LogP contribution in [0, 0.1) is 0 Å². The minimum absolute atomic E-state index is 0.287. The van der Waals surface area contributed by atoms with Crippen LogP contribution in [0.25, 0.3) is 5.57 Å². The number of aromatic nitrogens is 1. The van der Waals surface area contributed by atoms with Gasteiger partial charge in [-0.25, -0.2) is 4.79 Å². The number of unbranched alkanes of at least 4 members (excludes halogenated alkanes) is 3. The zero-order valence-corrected chi connectivity index (χ0v) is 21.4. The third kappa shape index (κ3) is 8.74. The summed E-state index contributed by atoms with van der Waals surface area (Å²) in [4.78, 5) is 11.9. The number of hydrogen-bond donors (Lipinski definition) is 0. The average molecular weight is 468 g/mol. The normalized spacial score (nSPS) is 20.8. The molecule has 1 aliphatic carbocycles. The number of ether oxygens (including phenoxy) is 3. The Balaban J connectivity index is 0.000000813. The Labute approximate surface area is 198 Å². The maximum absolute atomic E-state index is 11.9. The summed E-state index contributed by atoms with van der Waals surface area (Å²) in [5.74, 6) is 0.872. The van der Waals surface area contributed by atoms with E-state index < -0.39 is 6.16 Å². The molecule has 0 radical (unpaired) electrons. The summed E-state index contributed by atoms with van der Waals surface area (Å²) in [6, 6.07) is 0. The number of carbonyl (C=O) groups excluding carboxylic acids is 1. The molecule has 2 atom stereocenters. The van der Waals surface area contributed by atoms with E-state index in [9.17, 15) is 4.79 Å². The van der Waals surface area contributed by atoms with E-state index in [0.29, 0.717) is 11.1 Å². The van der Waals surface area contributed by atoms with Gasteiger partial charge in [0, 0.05) is 18.9 Å². The molecule has 7 heteroatoms. The van der Waals surface area contributed by atoms with Crippen LogP contribution < -0.4 is 4.74 Å². The lowest BCUT2D eigenvalue weighted by atomic mass is 10.0. The van der Waals surface area contributed by atoms with Crippen molar-refractivity contribution in [3.63, 3.8) is 0 Å². The summed E-state index contributed by atoms with van der Waals surface area (Å²) in [5, 5.41) is 1.98. The summed E-state index contributed by atoms with van der Waals surface area (Å²) >= 11 is 1.43. The minimum Gasteiger partial charge on any atom is -0.490 e. The van der Waals surface area contributed by atoms with E-state index in [4.69, 9.17) is 14.2 Å². The molecule has 0 amide bonds. The molecule has 0 aromatic carbocycles. The fourth-order valence-electron chi connectivity index (χ4n) is 3.54. The monoisotopic (exact) mass is 467 g/mol. The van der Waals surface area contributed by atoms with Crippen LogP contribution in [0.2, 0.25) is 0 Å². The van der Waals surface area contributed by atoms with Crippen LogP contribution in [0.4, 0.5) is 4.79 Å². The molecule has 0 spiro atoms. The lowest BCUT2D eigenvalue weighted by Crippen LogP contribution is -2.55. The first-order valence-electron chi connectivity index (χ1n) is 12.4. The highest BCUT2D eigenvalue weighted by Crippen LogP contribution is 2.33. The summed E-state index contributed by atoms with van der Waals surface area (Å²) in [6.07, 6.45) is 13.8. The van der Waals surface area contributed by atoms with E-state index in [1.807, 2.05) is 19.2 Å². The van der Waals surface area contributed by atoms with Crippen molar-refractivity contribution in [2.45, 2.75) is 91.2 Å². The van der Waals surface area contributed by atoms with Crippen LogP contribution in [-0.4, -0.2) is 54.6 Å². The van der Waals surface area contributed by atoms with Gasteiger partial charge in [0.2, 0.25) is 6.23 Å². The molecule has 182 valence electrons. The minimum atomic E-state index is -0.588. The summed E-state index contributed by atoms with van der Waals surface area (Å²) in [5.41, 5.74) is 2.10. The number of hydrogen-bond acceptors (Lipinski definition) is 6. The lowest BCUT2D eigenvalue weighted by molar-refractivity contribution is -0.944. The Morgan fingerprint density at radius 3 is 2.53 bits per heavy atom. The molecule has 0 saturated heterocycles.